The Bertz CT molecular complexity index is 717. The van der Waals surface area contributed by atoms with Gasteiger partial charge in [-0.15, -0.1) is 0 Å². The summed E-state index contributed by atoms with van der Waals surface area (Å²) in [7, 11) is 1.65. The SMILES string of the molecule is COc1ccc2c(c1)CCN(c1ccc(C3CC3)cc1)C2=O. The molecule has 3 heteroatoms. The monoisotopic (exact) mass is 293 g/mol. The third kappa shape index (κ3) is 2.27. The Morgan fingerprint density at radius 2 is 1.86 bits per heavy atom. The van der Waals surface area contributed by atoms with Gasteiger partial charge >= 0.3 is 0 Å². The van der Waals surface area contributed by atoms with E-state index in [4.69, 9.17) is 4.74 Å². The Hall–Kier alpha value is -2.29. The van der Waals surface area contributed by atoms with Crippen LogP contribution in [0.3, 0.4) is 0 Å². The van der Waals surface area contributed by atoms with Crippen LogP contribution in [0.4, 0.5) is 5.69 Å². The number of hydrogen-bond acceptors (Lipinski definition) is 2. The molecule has 0 spiro atoms. The molecule has 1 aliphatic carbocycles. The second kappa shape index (κ2) is 5.16. The van der Waals surface area contributed by atoms with E-state index in [0.717, 1.165) is 41.4 Å². The van der Waals surface area contributed by atoms with Crippen LogP contribution in [0.15, 0.2) is 42.5 Å². The Balaban J connectivity index is 1.62. The van der Waals surface area contributed by atoms with Gasteiger partial charge in [-0.25, -0.2) is 0 Å². The predicted octanol–water partition coefficient (Wildman–Crippen LogP) is 3.78. The number of amides is 1. The number of nitrogens with zero attached hydrogens (tertiary/aromatic N) is 1. The van der Waals surface area contributed by atoms with Crippen LogP contribution < -0.4 is 9.64 Å². The first-order valence-electron chi connectivity index (χ1n) is 7.85. The molecule has 2 aromatic rings. The second-order valence-electron chi connectivity index (χ2n) is 6.10. The molecule has 22 heavy (non-hydrogen) atoms. The summed E-state index contributed by atoms with van der Waals surface area (Å²) in [5.74, 6) is 1.65. The predicted molar refractivity (Wildman–Crippen MR) is 86.8 cm³/mol. The third-order valence-electron chi connectivity index (χ3n) is 4.65. The van der Waals surface area contributed by atoms with E-state index < -0.39 is 0 Å². The number of ether oxygens (including phenoxy) is 1. The lowest BCUT2D eigenvalue weighted by Gasteiger charge is -2.29. The highest BCUT2D eigenvalue weighted by Gasteiger charge is 2.27. The van der Waals surface area contributed by atoms with Gasteiger partial charge in [0.1, 0.15) is 5.75 Å². The highest BCUT2D eigenvalue weighted by atomic mass is 16.5. The maximum atomic E-state index is 12.7. The average molecular weight is 293 g/mol. The van der Waals surface area contributed by atoms with E-state index in [9.17, 15) is 4.79 Å². The van der Waals surface area contributed by atoms with E-state index in [2.05, 4.69) is 24.3 Å². The number of methoxy groups -OCH3 is 1. The summed E-state index contributed by atoms with van der Waals surface area (Å²) in [4.78, 5) is 14.6. The van der Waals surface area contributed by atoms with Crippen molar-refractivity contribution in [3.8, 4) is 5.75 Å². The molecule has 1 saturated carbocycles. The first kappa shape index (κ1) is 13.4. The van der Waals surface area contributed by atoms with Crippen molar-refractivity contribution in [1.82, 2.24) is 0 Å². The van der Waals surface area contributed by atoms with Crippen molar-refractivity contribution in [2.45, 2.75) is 25.2 Å². The van der Waals surface area contributed by atoms with Crippen molar-refractivity contribution in [1.29, 1.82) is 0 Å². The van der Waals surface area contributed by atoms with Crippen LogP contribution in [-0.2, 0) is 6.42 Å². The van der Waals surface area contributed by atoms with Crippen LogP contribution in [0.1, 0.15) is 40.2 Å². The minimum absolute atomic E-state index is 0.0862. The summed E-state index contributed by atoms with van der Waals surface area (Å²) in [5.41, 5.74) is 4.27. The molecule has 112 valence electrons. The van der Waals surface area contributed by atoms with E-state index in [1.807, 2.05) is 23.1 Å². The summed E-state index contributed by atoms with van der Waals surface area (Å²) in [6.45, 7) is 0.724. The first-order chi connectivity index (χ1) is 10.8. The molecule has 0 atom stereocenters. The van der Waals surface area contributed by atoms with Crippen molar-refractivity contribution in [3.05, 3.63) is 59.2 Å². The number of carbonyl (C=O) groups excluding carboxylic acids is 1. The van der Waals surface area contributed by atoms with Crippen LogP contribution in [0.5, 0.6) is 5.75 Å². The molecule has 1 fully saturated rings. The molecule has 0 aromatic heterocycles. The zero-order chi connectivity index (χ0) is 15.1. The molecule has 2 aromatic carbocycles. The summed E-state index contributed by atoms with van der Waals surface area (Å²) in [6, 6.07) is 14.2. The Morgan fingerprint density at radius 1 is 1.09 bits per heavy atom. The van der Waals surface area contributed by atoms with Crippen molar-refractivity contribution < 1.29 is 9.53 Å². The van der Waals surface area contributed by atoms with Gasteiger partial charge < -0.3 is 9.64 Å². The fourth-order valence-corrected chi connectivity index (χ4v) is 3.18. The van der Waals surface area contributed by atoms with Gasteiger partial charge in [0.25, 0.3) is 5.91 Å². The lowest BCUT2D eigenvalue weighted by Crippen LogP contribution is -2.37. The van der Waals surface area contributed by atoms with E-state index in [0.29, 0.717) is 0 Å². The van der Waals surface area contributed by atoms with Crippen molar-refractivity contribution >= 4 is 11.6 Å². The highest BCUT2D eigenvalue weighted by molar-refractivity contribution is 6.08. The van der Waals surface area contributed by atoms with Crippen LogP contribution in [0.2, 0.25) is 0 Å². The van der Waals surface area contributed by atoms with Gasteiger partial charge in [-0.1, -0.05) is 12.1 Å². The molecular weight excluding hydrogens is 274 g/mol. The largest absolute Gasteiger partial charge is 0.497 e. The second-order valence-corrected chi connectivity index (χ2v) is 6.10. The Kier molecular flexibility index (Phi) is 3.14. The lowest BCUT2D eigenvalue weighted by atomic mass is 9.98. The van der Waals surface area contributed by atoms with Gasteiger partial charge in [0.05, 0.1) is 7.11 Å². The number of rotatable bonds is 3. The van der Waals surface area contributed by atoms with Crippen molar-refractivity contribution in [2.75, 3.05) is 18.6 Å². The van der Waals surface area contributed by atoms with Gasteiger partial charge in [-0.05, 0) is 66.6 Å². The molecule has 1 heterocycles. The standard InChI is InChI=1S/C19H19NO2/c1-22-17-8-9-18-15(12-17)10-11-20(19(18)21)16-6-4-14(5-7-16)13-2-3-13/h4-9,12-13H,2-3,10-11H2,1H3. The minimum atomic E-state index is 0.0862. The van der Waals surface area contributed by atoms with Gasteiger partial charge in [-0.2, -0.15) is 0 Å². The molecule has 0 radical (unpaired) electrons. The summed E-state index contributed by atoms with van der Waals surface area (Å²) < 4.78 is 5.24. The molecule has 1 amide bonds. The molecule has 3 nitrogen and oxygen atoms in total. The normalized spacial score (nSPS) is 17.3. The van der Waals surface area contributed by atoms with Gasteiger partial charge in [0.15, 0.2) is 0 Å². The molecule has 4 rings (SSSR count). The number of carbonyl (C=O) groups is 1. The molecular formula is C19H19NO2. The fourth-order valence-electron chi connectivity index (χ4n) is 3.18. The quantitative estimate of drug-likeness (QED) is 0.862. The van der Waals surface area contributed by atoms with Gasteiger partial charge in [-0.3, -0.25) is 4.79 Å². The highest BCUT2D eigenvalue weighted by Crippen LogP contribution is 2.40. The first-order valence-corrected chi connectivity index (χ1v) is 7.85. The zero-order valence-corrected chi connectivity index (χ0v) is 12.7. The maximum absolute atomic E-state index is 12.7. The van der Waals surface area contributed by atoms with E-state index in [-0.39, 0.29) is 5.91 Å². The molecule has 0 saturated heterocycles. The minimum Gasteiger partial charge on any atom is -0.497 e. The molecule has 2 aliphatic rings. The summed E-state index contributed by atoms with van der Waals surface area (Å²) in [5, 5.41) is 0. The van der Waals surface area contributed by atoms with Crippen LogP contribution in [0.25, 0.3) is 0 Å². The van der Waals surface area contributed by atoms with E-state index >= 15 is 0 Å². The lowest BCUT2D eigenvalue weighted by molar-refractivity contribution is 0.0980. The number of anilines is 1. The molecule has 0 N–H and O–H groups in total. The number of benzene rings is 2. The third-order valence-corrected chi connectivity index (χ3v) is 4.65. The number of hydrogen-bond donors (Lipinski definition) is 0. The van der Waals surface area contributed by atoms with Crippen molar-refractivity contribution in [3.63, 3.8) is 0 Å². The van der Waals surface area contributed by atoms with Gasteiger partial charge in [0, 0.05) is 17.8 Å². The topological polar surface area (TPSA) is 29.5 Å². The van der Waals surface area contributed by atoms with Gasteiger partial charge in [0.2, 0.25) is 0 Å². The zero-order valence-electron chi connectivity index (χ0n) is 12.7. The van der Waals surface area contributed by atoms with Crippen LogP contribution >= 0.6 is 0 Å². The average Bonchev–Trinajstić information content (AvgIpc) is 3.40. The summed E-state index contributed by atoms with van der Waals surface area (Å²) >= 11 is 0. The maximum Gasteiger partial charge on any atom is 0.258 e. The number of fused-ring (bicyclic) bond motifs is 1. The van der Waals surface area contributed by atoms with Crippen LogP contribution in [-0.4, -0.2) is 19.6 Å². The van der Waals surface area contributed by atoms with Crippen LogP contribution in [0, 0.1) is 0 Å². The summed E-state index contributed by atoms with van der Waals surface area (Å²) in [6.07, 6.45) is 3.47. The Labute approximate surface area is 130 Å². The molecule has 1 aliphatic heterocycles. The van der Waals surface area contributed by atoms with Crippen molar-refractivity contribution in [2.24, 2.45) is 0 Å². The molecule has 0 bridgehead atoms. The van der Waals surface area contributed by atoms with E-state index in [1.165, 1.54) is 18.4 Å². The van der Waals surface area contributed by atoms with E-state index in [1.54, 1.807) is 7.11 Å². The molecule has 0 unspecified atom stereocenters. The smallest absolute Gasteiger partial charge is 0.258 e. The Morgan fingerprint density at radius 3 is 2.55 bits per heavy atom. The fraction of sp³-hybridized carbons (Fsp3) is 0.316.